The second-order valence-corrected chi connectivity index (χ2v) is 4.17. The van der Waals surface area contributed by atoms with Gasteiger partial charge in [0.2, 0.25) is 6.43 Å². The average Bonchev–Trinajstić information content (AvgIpc) is 2.29. The minimum absolute atomic E-state index is 0.183. The molecule has 1 rings (SSSR count). The largest absolute Gasteiger partial charge is 0.352 e. The highest BCUT2D eigenvalue weighted by molar-refractivity contribution is 7.99. The van der Waals surface area contributed by atoms with Crippen LogP contribution >= 0.6 is 11.8 Å². The van der Waals surface area contributed by atoms with Crippen LogP contribution in [0.5, 0.6) is 0 Å². The van der Waals surface area contributed by atoms with Gasteiger partial charge in [-0.2, -0.15) is 0 Å². The Morgan fingerprint density at radius 1 is 1.12 bits per heavy atom. The van der Waals surface area contributed by atoms with Crippen molar-refractivity contribution >= 4 is 11.8 Å². The lowest BCUT2D eigenvalue weighted by molar-refractivity contribution is -0.106. The molecule has 0 amide bonds. The first-order valence-corrected chi connectivity index (χ1v) is 5.72. The summed E-state index contributed by atoms with van der Waals surface area (Å²) in [5.74, 6) is -0.183. The Bertz CT molecular complexity index is 299. The number of ether oxygens (including phenoxy) is 2. The molecule has 0 unspecified atom stereocenters. The Balaban J connectivity index is 2.60. The number of methoxy groups -OCH3 is 2. The maximum absolute atomic E-state index is 12.0. The summed E-state index contributed by atoms with van der Waals surface area (Å²) in [6.07, 6.45) is -2.69. The number of rotatable bonds is 6. The normalized spacial score (nSPS) is 11.4. The van der Waals surface area contributed by atoms with E-state index in [2.05, 4.69) is 0 Å². The van der Waals surface area contributed by atoms with Crippen molar-refractivity contribution in [2.45, 2.75) is 17.6 Å². The standard InChI is InChI=1S/C11H14F2O2S/c1-14-11(15-2)8-3-5-9(6-4-8)16-7-10(12)13/h3-6,10-11H,7H2,1-2H3. The van der Waals surface area contributed by atoms with E-state index in [0.717, 1.165) is 22.2 Å². The summed E-state index contributed by atoms with van der Waals surface area (Å²) >= 11 is 1.13. The minimum Gasteiger partial charge on any atom is -0.352 e. The predicted molar refractivity (Wildman–Crippen MR) is 59.9 cm³/mol. The molecule has 0 saturated carbocycles. The Hall–Kier alpha value is -0.650. The molecule has 0 bridgehead atoms. The lowest BCUT2D eigenvalue weighted by Crippen LogP contribution is -2.03. The number of benzene rings is 1. The zero-order chi connectivity index (χ0) is 12.0. The maximum Gasteiger partial charge on any atom is 0.247 e. The summed E-state index contributed by atoms with van der Waals surface area (Å²) < 4.78 is 34.1. The molecular formula is C11H14F2O2S. The predicted octanol–water partition coefficient (Wildman–Crippen LogP) is 3.34. The SMILES string of the molecule is COC(OC)c1ccc(SCC(F)F)cc1. The van der Waals surface area contributed by atoms with E-state index in [0.29, 0.717) is 0 Å². The van der Waals surface area contributed by atoms with Gasteiger partial charge < -0.3 is 9.47 Å². The van der Waals surface area contributed by atoms with Crippen molar-refractivity contribution in [2.75, 3.05) is 20.0 Å². The molecule has 90 valence electrons. The van der Waals surface area contributed by atoms with Crippen LogP contribution in [0.3, 0.4) is 0 Å². The summed E-state index contributed by atoms with van der Waals surface area (Å²) in [5.41, 5.74) is 0.867. The van der Waals surface area contributed by atoms with E-state index in [4.69, 9.17) is 9.47 Å². The van der Waals surface area contributed by atoms with Crippen LogP contribution in [-0.2, 0) is 9.47 Å². The Labute approximate surface area is 97.9 Å². The molecule has 0 heterocycles. The highest BCUT2D eigenvalue weighted by Crippen LogP contribution is 2.23. The van der Waals surface area contributed by atoms with Crippen molar-refractivity contribution in [1.29, 1.82) is 0 Å². The van der Waals surface area contributed by atoms with Crippen molar-refractivity contribution in [3.05, 3.63) is 29.8 Å². The second kappa shape index (κ2) is 6.83. The molecule has 0 saturated heterocycles. The van der Waals surface area contributed by atoms with E-state index >= 15 is 0 Å². The first-order valence-electron chi connectivity index (χ1n) is 4.74. The fourth-order valence-corrected chi connectivity index (χ4v) is 1.90. The quantitative estimate of drug-likeness (QED) is 0.568. The Morgan fingerprint density at radius 3 is 2.12 bits per heavy atom. The molecule has 0 aliphatic heterocycles. The van der Waals surface area contributed by atoms with Crippen molar-refractivity contribution in [3.8, 4) is 0 Å². The van der Waals surface area contributed by atoms with Gasteiger partial charge in [0, 0.05) is 24.7 Å². The summed E-state index contributed by atoms with van der Waals surface area (Å²) in [6.45, 7) is 0. The van der Waals surface area contributed by atoms with Crippen molar-refractivity contribution < 1.29 is 18.3 Å². The van der Waals surface area contributed by atoms with Crippen molar-refractivity contribution in [2.24, 2.45) is 0 Å². The topological polar surface area (TPSA) is 18.5 Å². The molecule has 1 aromatic carbocycles. The summed E-state index contributed by atoms with van der Waals surface area (Å²) in [7, 11) is 3.10. The highest BCUT2D eigenvalue weighted by atomic mass is 32.2. The summed E-state index contributed by atoms with van der Waals surface area (Å²) in [6, 6.07) is 7.19. The van der Waals surface area contributed by atoms with E-state index in [1.165, 1.54) is 0 Å². The van der Waals surface area contributed by atoms with Gasteiger partial charge in [-0.15, -0.1) is 11.8 Å². The molecule has 0 spiro atoms. The van der Waals surface area contributed by atoms with Gasteiger partial charge in [0.25, 0.3) is 0 Å². The third-order valence-electron chi connectivity index (χ3n) is 1.96. The molecule has 0 fully saturated rings. The Kier molecular flexibility index (Phi) is 5.73. The van der Waals surface area contributed by atoms with Gasteiger partial charge in [-0.3, -0.25) is 0 Å². The number of halogens is 2. The van der Waals surface area contributed by atoms with Crippen LogP contribution in [0.1, 0.15) is 11.9 Å². The van der Waals surface area contributed by atoms with Crippen LogP contribution in [0, 0.1) is 0 Å². The lowest BCUT2D eigenvalue weighted by atomic mass is 10.2. The molecule has 0 aliphatic carbocycles. The van der Waals surface area contributed by atoms with Crippen molar-refractivity contribution in [3.63, 3.8) is 0 Å². The van der Waals surface area contributed by atoms with Crippen LogP contribution < -0.4 is 0 Å². The first-order chi connectivity index (χ1) is 7.67. The smallest absolute Gasteiger partial charge is 0.247 e. The van der Waals surface area contributed by atoms with Crippen LogP contribution in [0.15, 0.2) is 29.2 Å². The molecule has 0 aromatic heterocycles. The van der Waals surface area contributed by atoms with Crippen LogP contribution in [0.2, 0.25) is 0 Å². The molecule has 0 aliphatic rings. The van der Waals surface area contributed by atoms with E-state index < -0.39 is 12.7 Å². The third-order valence-corrected chi connectivity index (χ3v) is 2.98. The summed E-state index contributed by atoms with van der Waals surface area (Å²) in [5, 5.41) is 0. The van der Waals surface area contributed by atoms with Gasteiger partial charge in [0.15, 0.2) is 6.29 Å². The molecule has 0 N–H and O–H groups in total. The Morgan fingerprint density at radius 2 is 1.69 bits per heavy atom. The number of thioether (sulfide) groups is 1. The molecule has 5 heteroatoms. The van der Waals surface area contributed by atoms with Gasteiger partial charge in [-0.25, -0.2) is 8.78 Å². The van der Waals surface area contributed by atoms with E-state index in [1.807, 2.05) is 12.1 Å². The fourth-order valence-electron chi connectivity index (χ4n) is 1.25. The van der Waals surface area contributed by atoms with Gasteiger partial charge >= 0.3 is 0 Å². The number of hydrogen-bond acceptors (Lipinski definition) is 3. The average molecular weight is 248 g/mol. The first kappa shape index (κ1) is 13.4. The maximum atomic E-state index is 12.0. The third kappa shape index (κ3) is 4.08. The lowest BCUT2D eigenvalue weighted by Gasteiger charge is -2.13. The molecule has 0 atom stereocenters. The van der Waals surface area contributed by atoms with Gasteiger partial charge in [-0.1, -0.05) is 12.1 Å². The van der Waals surface area contributed by atoms with Crippen molar-refractivity contribution in [1.82, 2.24) is 0 Å². The highest BCUT2D eigenvalue weighted by Gasteiger charge is 2.09. The van der Waals surface area contributed by atoms with E-state index in [-0.39, 0.29) is 5.75 Å². The molecule has 1 aromatic rings. The zero-order valence-electron chi connectivity index (χ0n) is 9.15. The van der Waals surface area contributed by atoms with Gasteiger partial charge in [-0.05, 0) is 12.1 Å². The molecule has 0 radical (unpaired) electrons. The van der Waals surface area contributed by atoms with Crippen LogP contribution in [0.25, 0.3) is 0 Å². The van der Waals surface area contributed by atoms with E-state index in [9.17, 15) is 8.78 Å². The molecular weight excluding hydrogens is 234 g/mol. The monoisotopic (exact) mass is 248 g/mol. The minimum atomic E-state index is -2.28. The number of hydrogen-bond donors (Lipinski definition) is 0. The van der Waals surface area contributed by atoms with E-state index in [1.54, 1.807) is 26.4 Å². The number of alkyl halides is 2. The molecule has 2 nitrogen and oxygen atoms in total. The van der Waals surface area contributed by atoms with Gasteiger partial charge in [0.1, 0.15) is 0 Å². The second-order valence-electron chi connectivity index (χ2n) is 3.07. The summed E-state index contributed by atoms with van der Waals surface area (Å²) in [4.78, 5) is 0.815. The molecule has 16 heavy (non-hydrogen) atoms. The zero-order valence-corrected chi connectivity index (χ0v) is 9.97. The van der Waals surface area contributed by atoms with Crippen LogP contribution in [-0.4, -0.2) is 26.4 Å². The van der Waals surface area contributed by atoms with Crippen LogP contribution in [0.4, 0.5) is 8.78 Å². The van der Waals surface area contributed by atoms with Gasteiger partial charge in [0.05, 0.1) is 5.75 Å². The fraction of sp³-hybridized carbons (Fsp3) is 0.455.